The highest BCUT2D eigenvalue weighted by atomic mass is 16.2. The van der Waals surface area contributed by atoms with Gasteiger partial charge in [-0.05, 0) is 18.2 Å². The quantitative estimate of drug-likeness (QED) is 0.580. The molecular weight excluding hydrogens is 352 g/mol. The van der Waals surface area contributed by atoms with Gasteiger partial charge < -0.3 is 9.88 Å². The van der Waals surface area contributed by atoms with Gasteiger partial charge in [0.25, 0.3) is 5.91 Å². The van der Waals surface area contributed by atoms with Crippen LogP contribution in [0.5, 0.6) is 0 Å². The molecular formula is C21H18N6O. The Balaban J connectivity index is 1.36. The number of nitrogens with one attached hydrogen (secondary N) is 2. The topological polar surface area (TPSA) is 90.6 Å². The SMILES string of the molecule is O=C(c1cc(-c2ccccn2)n[nH]1)N1CCc2nc(-c3ccccc3)[nH]c2C1. The van der Waals surface area contributed by atoms with E-state index in [2.05, 4.69) is 20.2 Å². The van der Waals surface area contributed by atoms with Crippen molar-refractivity contribution in [3.8, 4) is 22.8 Å². The summed E-state index contributed by atoms with van der Waals surface area (Å²) in [6.07, 6.45) is 2.44. The van der Waals surface area contributed by atoms with E-state index in [0.717, 1.165) is 34.9 Å². The molecule has 0 spiro atoms. The van der Waals surface area contributed by atoms with Gasteiger partial charge in [0.05, 0.1) is 23.6 Å². The van der Waals surface area contributed by atoms with Crippen LogP contribution in [-0.2, 0) is 13.0 Å². The Morgan fingerprint density at radius 3 is 2.71 bits per heavy atom. The van der Waals surface area contributed by atoms with Crippen LogP contribution >= 0.6 is 0 Å². The lowest BCUT2D eigenvalue weighted by atomic mass is 10.1. The fourth-order valence-electron chi connectivity index (χ4n) is 3.45. The zero-order valence-electron chi connectivity index (χ0n) is 15.1. The minimum atomic E-state index is -0.0730. The van der Waals surface area contributed by atoms with Crippen molar-refractivity contribution in [2.75, 3.05) is 6.54 Å². The summed E-state index contributed by atoms with van der Waals surface area (Å²) in [5, 5.41) is 7.08. The van der Waals surface area contributed by atoms with Crippen LogP contribution in [0, 0.1) is 0 Å². The van der Waals surface area contributed by atoms with E-state index in [4.69, 9.17) is 4.98 Å². The number of rotatable bonds is 3. The summed E-state index contributed by atoms with van der Waals surface area (Å²) in [6, 6.07) is 17.4. The minimum absolute atomic E-state index is 0.0730. The van der Waals surface area contributed by atoms with Gasteiger partial charge in [0, 0.05) is 24.7 Å². The van der Waals surface area contributed by atoms with Crippen LogP contribution in [-0.4, -0.2) is 42.5 Å². The molecule has 0 unspecified atom stereocenters. The first-order chi connectivity index (χ1) is 13.8. The number of H-pyrrole nitrogens is 2. The third-order valence-corrected chi connectivity index (χ3v) is 4.90. The fourth-order valence-corrected chi connectivity index (χ4v) is 3.45. The van der Waals surface area contributed by atoms with Crippen molar-refractivity contribution in [2.45, 2.75) is 13.0 Å². The van der Waals surface area contributed by atoms with E-state index in [1.54, 1.807) is 12.3 Å². The Morgan fingerprint density at radius 2 is 1.89 bits per heavy atom. The first kappa shape index (κ1) is 16.4. The van der Waals surface area contributed by atoms with Gasteiger partial charge in [-0.2, -0.15) is 5.10 Å². The number of imidazole rings is 1. The Hall–Kier alpha value is -3.74. The molecule has 0 aliphatic carbocycles. The molecule has 7 heteroatoms. The molecule has 0 saturated heterocycles. The number of hydrogen-bond donors (Lipinski definition) is 2. The first-order valence-corrected chi connectivity index (χ1v) is 9.17. The van der Waals surface area contributed by atoms with Crippen molar-refractivity contribution in [2.24, 2.45) is 0 Å². The Labute approximate surface area is 161 Å². The summed E-state index contributed by atoms with van der Waals surface area (Å²) < 4.78 is 0. The number of amides is 1. The zero-order chi connectivity index (χ0) is 18.9. The number of carbonyl (C=O) groups is 1. The highest BCUT2D eigenvalue weighted by Gasteiger charge is 2.26. The van der Waals surface area contributed by atoms with E-state index in [1.165, 1.54) is 0 Å². The highest BCUT2D eigenvalue weighted by molar-refractivity contribution is 5.93. The molecule has 0 saturated carbocycles. The maximum Gasteiger partial charge on any atom is 0.272 e. The predicted octanol–water partition coefficient (Wildman–Crippen LogP) is 3.06. The van der Waals surface area contributed by atoms with Crippen LogP contribution in [0.1, 0.15) is 21.9 Å². The van der Waals surface area contributed by atoms with Gasteiger partial charge >= 0.3 is 0 Å². The van der Waals surface area contributed by atoms with Crippen LogP contribution in [0.15, 0.2) is 60.8 Å². The number of aromatic amines is 2. The van der Waals surface area contributed by atoms with Gasteiger partial charge in [-0.25, -0.2) is 4.98 Å². The van der Waals surface area contributed by atoms with E-state index >= 15 is 0 Å². The lowest BCUT2D eigenvalue weighted by Crippen LogP contribution is -2.36. The fraction of sp³-hybridized carbons (Fsp3) is 0.143. The van der Waals surface area contributed by atoms with Gasteiger partial charge in [-0.15, -0.1) is 0 Å². The zero-order valence-corrected chi connectivity index (χ0v) is 15.1. The van der Waals surface area contributed by atoms with E-state index in [0.29, 0.717) is 24.5 Å². The molecule has 1 amide bonds. The van der Waals surface area contributed by atoms with Gasteiger partial charge in [-0.3, -0.25) is 14.9 Å². The second-order valence-electron chi connectivity index (χ2n) is 6.74. The summed E-state index contributed by atoms with van der Waals surface area (Å²) in [4.78, 5) is 27.1. The largest absolute Gasteiger partial charge is 0.340 e. The summed E-state index contributed by atoms with van der Waals surface area (Å²) in [7, 11) is 0. The summed E-state index contributed by atoms with van der Waals surface area (Å²) >= 11 is 0. The monoisotopic (exact) mass is 370 g/mol. The predicted molar refractivity (Wildman–Crippen MR) is 104 cm³/mol. The molecule has 1 aliphatic rings. The number of benzene rings is 1. The van der Waals surface area contributed by atoms with Crippen molar-refractivity contribution in [3.63, 3.8) is 0 Å². The van der Waals surface area contributed by atoms with Gasteiger partial charge in [0.15, 0.2) is 0 Å². The summed E-state index contributed by atoms with van der Waals surface area (Å²) in [5.41, 5.74) is 4.93. The lowest BCUT2D eigenvalue weighted by Gasteiger charge is -2.25. The van der Waals surface area contributed by atoms with Crippen molar-refractivity contribution < 1.29 is 4.79 Å². The lowest BCUT2D eigenvalue weighted by molar-refractivity contribution is 0.0726. The maximum atomic E-state index is 12.9. The third kappa shape index (κ3) is 2.96. The molecule has 0 radical (unpaired) electrons. The van der Waals surface area contributed by atoms with Crippen molar-refractivity contribution >= 4 is 5.91 Å². The molecule has 7 nitrogen and oxygen atoms in total. The molecule has 1 aliphatic heterocycles. The third-order valence-electron chi connectivity index (χ3n) is 4.90. The number of nitrogens with zero attached hydrogens (tertiary/aromatic N) is 4. The molecule has 3 aromatic heterocycles. The van der Waals surface area contributed by atoms with E-state index in [9.17, 15) is 4.79 Å². The maximum absolute atomic E-state index is 12.9. The molecule has 0 fully saturated rings. The molecule has 4 heterocycles. The average Bonchev–Trinajstić information content (AvgIpc) is 3.41. The van der Waals surface area contributed by atoms with Gasteiger partial charge in [0.2, 0.25) is 0 Å². The Bertz CT molecular complexity index is 1120. The molecule has 1 aromatic carbocycles. The normalized spacial score (nSPS) is 13.4. The molecule has 0 atom stereocenters. The number of hydrogen-bond acceptors (Lipinski definition) is 4. The Kier molecular flexibility index (Phi) is 3.97. The van der Waals surface area contributed by atoms with Gasteiger partial charge in [0.1, 0.15) is 17.2 Å². The smallest absolute Gasteiger partial charge is 0.272 e. The summed E-state index contributed by atoms with van der Waals surface area (Å²) in [6.45, 7) is 1.13. The number of carbonyl (C=O) groups excluding carboxylic acids is 1. The minimum Gasteiger partial charge on any atom is -0.340 e. The van der Waals surface area contributed by atoms with Crippen LogP contribution in [0.3, 0.4) is 0 Å². The van der Waals surface area contributed by atoms with Crippen LogP contribution in [0.25, 0.3) is 22.8 Å². The van der Waals surface area contributed by atoms with Crippen LogP contribution in [0.2, 0.25) is 0 Å². The number of fused-ring (bicyclic) bond motifs is 1. The number of pyridine rings is 1. The highest BCUT2D eigenvalue weighted by Crippen LogP contribution is 2.24. The van der Waals surface area contributed by atoms with Crippen molar-refractivity contribution in [1.82, 2.24) is 30.0 Å². The number of aromatic nitrogens is 5. The standard InChI is InChI=1S/C21H18N6O/c28-21(18-12-17(25-26-18)15-8-4-5-10-22-15)27-11-9-16-19(13-27)24-20(23-16)14-6-2-1-3-7-14/h1-8,10,12H,9,11,13H2,(H,23,24)(H,25,26). The van der Waals surface area contributed by atoms with E-state index in [-0.39, 0.29) is 5.91 Å². The molecule has 5 rings (SSSR count). The van der Waals surface area contributed by atoms with Gasteiger partial charge in [-0.1, -0.05) is 36.4 Å². The van der Waals surface area contributed by atoms with Crippen LogP contribution < -0.4 is 0 Å². The van der Waals surface area contributed by atoms with Crippen molar-refractivity contribution in [1.29, 1.82) is 0 Å². The molecule has 28 heavy (non-hydrogen) atoms. The first-order valence-electron chi connectivity index (χ1n) is 9.17. The summed E-state index contributed by atoms with van der Waals surface area (Å²) in [5.74, 6) is 0.773. The van der Waals surface area contributed by atoms with Crippen molar-refractivity contribution in [3.05, 3.63) is 77.9 Å². The van der Waals surface area contributed by atoms with E-state index in [1.807, 2.05) is 53.4 Å². The second kappa shape index (κ2) is 6.77. The molecule has 138 valence electrons. The van der Waals surface area contributed by atoms with Crippen LogP contribution in [0.4, 0.5) is 0 Å². The molecule has 0 bridgehead atoms. The molecule has 4 aromatic rings. The Morgan fingerprint density at radius 1 is 1.04 bits per heavy atom. The average molecular weight is 370 g/mol. The van der Waals surface area contributed by atoms with E-state index < -0.39 is 0 Å². The molecule has 2 N–H and O–H groups in total. The second-order valence-corrected chi connectivity index (χ2v) is 6.74.